The van der Waals surface area contributed by atoms with Crippen molar-refractivity contribution < 1.29 is 23.8 Å². The van der Waals surface area contributed by atoms with Crippen LogP contribution in [0.5, 0.6) is 17.2 Å². The number of aryl methyl sites for hydroxylation is 1. The fourth-order valence-corrected chi connectivity index (χ4v) is 5.34. The van der Waals surface area contributed by atoms with Crippen LogP contribution >= 0.6 is 0 Å². The second-order valence-electron chi connectivity index (χ2n) is 10.3. The summed E-state index contributed by atoms with van der Waals surface area (Å²) in [7, 11) is 4.78. The summed E-state index contributed by atoms with van der Waals surface area (Å²) in [5, 5.41) is 0. The van der Waals surface area contributed by atoms with Crippen LogP contribution in [-0.4, -0.2) is 51.1 Å². The van der Waals surface area contributed by atoms with E-state index in [9.17, 15) is 9.59 Å². The van der Waals surface area contributed by atoms with Crippen molar-refractivity contribution in [1.29, 1.82) is 0 Å². The summed E-state index contributed by atoms with van der Waals surface area (Å²) in [5.41, 5.74) is 2.91. The fourth-order valence-electron chi connectivity index (χ4n) is 5.34. The van der Waals surface area contributed by atoms with E-state index >= 15 is 0 Å². The first-order chi connectivity index (χ1) is 18.6. The summed E-state index contributed by atoms with van der Waals surface area (Å²) in [6.45, 7) is 1.97. The number of ether oxygens (including phenoxy) is 3. The molecule has 7 nitrogen and oxygen atoms in total. The molecule has 0 bridgehead atoms. The summed E-state index contributed by atoms with van der Waals surface area (Å²) in [6, 6.07) is 11.9. The van der Waals surface area contributed by atoms with Crippen LogP contribution in [0.15, 0.2) is 36.4 Å². The molecule has 0 spiro atoms. The van der Waals surface area contributed by atoms with E-state index in [4.69, 9.17) is 14.2 Å². The summed E-state index contributed by atoms with van der Waals surface area (Å²) in [6.07, 6.45) is 9.44. The number of carbonyl (C=O) groups is 2. The molecule has 7 heteroatoms. The molecule has 2 aliphatic rings. The maximum absolute atomic E-state index is 13.6. The summed E-state index contributed by atoms with van der Waals surface area (Å²) in [4.78, 5) is 30.9. The third-order valence-electron chi connectivity index (χ3n) is 7.64. The third-order valence-corrected chi connectivity index (χ3v) is 7.64. The number of amides is 2. The van der Waals surface area contributed by atoms with Crippen molar-refractivity contribution in [2.45, 2.75) is 70.8 Å². The first-order valence-electron chi connectivity index (χ1n) is 14.0. The largest absolute Gasteiger partial charge is 0.493 e. The average molecular weight is 523 g/mol. The predicted octanol–water partition coefficient (Wildman–Crippen LogP) is 5.77. The maximum atomic E-state index is 13.6. The zero-order chi connectivity index (χ0) is 26.9. The number of anilines is 1. The molecule has 1 fully saturated rings. The minimum Gasteiger partial charge on any atom is -0.493 e. The van der Waals surface area contributed by atoms with Crippen molar-refractivity contribution in [3.05, 3.63) is 47.5 Å². The van der Waals surface area contributed by atoms with Crippen LogP contribution in [-0.2, 0) is 22.6 Å². The molecule has 206 valence electrons. The van der Waals surface area contributed by atoms with E-state index in [0.717, 1.165) is 68.3 Å². The molecule has 2 aromatic rings. The minimum atomic E-state index is 0.103. The Morgan fingerprint density at radius 3 is 2.18 bits per heavy atom. The zero-order valence-electron chi connectivity index (χ0n) is 23.2. The van der Waals surface area contributed by atoms with Gasteiger partial charge in [0, 0.05) is 37.7 Å². The fraction of sp³-hybridized carbons (Fsp3) is 0.548. The van der Waals surface area contributed by atoms with E-state index in [2.05, 4.69) is 6.07 Å². The molecule has 0 saturated heterocycles. The van der Waals surface area contributed by atoms with Crippen molar-refractivity contribution in [3.63, 3.8) is 0 Å². The van der Waals surface area contributed by atoms with Crippen LogP contribution in [0.2, 0.25) is 0 Å². The molecule has 0 atom stereocenters. The molecule has 1 heterocycles. The molecule has 0 radical (unpaired) electrons. The Balaban J connectivity index is 1.55. The summed E-state index contributed by atoms with van der Waals surface area (Å²) >= 11 is 0. The molecule has 4 rings (SSSR count). The van der Waals surface area contributed by atoms with Gasteiger partial charge in [-0.05, 0) is 55.4 Å². The number of carbonyl (C=O) groups excluding carboxylic acids is 2. The molecule has 0 unspecified atom stereocenters. The highest BCUT2D eigenvalue weighted by atomic mass is 16.5. The van der Waals surface area contributed by atoms with Crippen molar-refractivity contribution in [2.75, 3.05) is 39.3 Å². The highest BCUT2D eigenvalue weighted by molar-refractivity contribution is 5.97. The van der Waals surface area contributed by atoms with Crippen molar-refractivity contribution >= 4 is 17.5 Å². The lowest BCUT2D eigenvalue weighted by atomic mass is 10.1. The molecular weight excluding hydrogens is 480 g/mol. The summed E-state index contributed by atoms with van der Waals surface area (Å²) in [5.74, 6) is 2.24. The van der Waals surface area contributed by atoms with Gasteiger partial charge in [0.25, 0.3) is 0 Å². The minimum absolute atomic E-state index is 0.103. The van der Waals surface area contributed by atoms with E-state index in [1.54, 1.807) is 21.3 Å². The Morgan fingerprint density at radius 2 is 1.50 bits per heavy atom. The molecule has 2 amide bonds. The highest BCUT2D eigenvalue weighted by Gasteiger charge is 2.34. The second-order valence-corrected chi connectivity index (χ2v) is 10.3. The monoisotopic (exact) mass is 522 g/mol. The summed E-state index contributed by atoms with van der Waals surface area (Å²) < 4.78 is 16.6. The van der Waals surface area contributed by atoms with Gasteiger partial charge in [-0.1, -0.05) is 49.9 Å². The van der Waals surface area contributed by atoms with Gasteiger partial charge in [-0.25, -0.2) is 0 Å². The third kappa shape index (κ3) is 6.80. The molecular formula is C31H42N2O5. The van der Waals surface area contributed by atoms with Crippen LogP contribution in [0.25, 0.3) is 0 Å². The first-order valence-corrected chi connectivity index (χ1v) is 14.0. The smallest absolute Gasteiger partial charge is 0.230 e. The van der Waals surface area contributed by atoms with Crippen LogP contribution in [0, 0.1) is 5.92 Å². The van der Waals surface area contributed by atoms with Gasteiger partial charge in [0.1, 0.15) is 0 Å². The molecule has 38 heavy (non-hydrogen) atoms. The van der Waals surface area contributed by atoms with E-state index in [0.29, 0.717) is 43.2 Å². The number of benzene rings is 2. The van der Waals surface area contributed by atoms with E-state index in [1.807, 2.05) is 40.1 Å². The van der Waals surface area contributed by atoms with Gasteiger partial charge >= 0.3 is 0 Å². The van der Waals surface area contributed by atoms with Gasteiger partial charge in [0.15, 0.2) is 11.5 Å². The molecule has 1 saturated carbocycles. The van der Waals surface area contributed by atoms with Crippen molar-refractivity contribution in [2.24, 2.45) is 5.92 Å². The maximum Gasteiger partial charge on any atom is 0.230 e. The lowest BCUT2D eigenvalue weighted by Gasteiger charge is -2.29. The molecule has 0 N–H and O–H groups in total. The Bertz CT molecular complexity index is 1100. The van der Waals surface area contributed by atoms with Gasteiger partial charge in [-0.15, -0.1) is 0 Å². The van der Waals surface area contributed by atoms with Crippen molar-refractivity contribution in [3.8, 4) is 17.2 Å². The van der Waals surface area contributed by atoms with Gasteiger partial charge in [-0.2, -0.15) is 0 Å². The number of hydrogen-bond donors (Lipinski definition) is 0. The Labute approximate surface area is 227 Å². The second kappa shape index (κ2) is 13.5. The number of fused-ring (bicyclic) bond motifs is 1. The Kier molecular flexibility index (Phi) is 9.91. The Morgan fingerprint density at radius 1 is 0.816 bits per heavy atom. The SMILES string of the molecule is COc1ccc(CCC(=O)N2CCCCCCCCN(C(=O)C3CC3)c3ccccc3C2)c(OC)c1OC. The van der Waals surface area contributed by atoms with Gasteiger partial charge in [-0.3, -0.25) is 9.59 Å². The number of hydrogen-bond acceptors (Lipinski definition) is 5. The molecule has 1 aliphatic carbocycles. The molecule has 1 aliphatic heterocycles. The first kappa shape index (κ1) is 27.8. The van der Waals surface area contributed by atoms with E-state index < -0.39 is 0 Å². The van der Waals surface area contributed by atoms with E-state index in [-0.39, 0.29) is 17.7 Å². The van der Waals surface area contributed by atoms with Gasteiger partial charge in [0.05, 0.1) is 21.3 Å². The predicted molar refractivity (Wildman–Crippen MR) is 149 cm³/mol. The average Bonchev–Trinajstić information content (AvgIpc) is 3.79. The van der Waals surface area contributed by atoms with Crippen LogP contribution in [0.4, 0.5) is 5.69 Å². The molecule has 0 aromatic heterocycles. The van der Waals surface area contributed by atoms with Crippen LogP contribution in [0.1, 0.15) is 68.9 Å². The van der Waals surface area contributed by atoms with Crippen molar-refractivity contribution in [1.82, 2.24) is 4.90 Å². The lowest BCUT2D eigenvalue weighted by Crippen LogP contribution is -2.36. The quantitative estimate of drug-likeness (QED) is 0.462. The molecule has 2 aromatic carbocycles. The lowest BCUT2D eigenvalue weighted by molar-refractivity contribution is -0.131. The normalized spacial score (nSPS) is 16.9. The standard InChI is InChI=1S/C31H42N2O5/c1-36-27-18-16-23(29(37-2)30(27)38-3)17-19-28(34)32-20-10-6-4-5-7-11-21-33(31(35)24-14-15-24)26-13-9-8-12-25(26)22-32/h8-9,12-13,16,18,24H,4-7,10-11,14-15,17,19-22H2,1-3H3. The van der Waals surface area contributed by atoms with E-state index in [1.165, 1.54) is 6.42 Å². The highest BCUT2D eigenvalue weighted by Crippen LogP contribution is 2.40. The zero-order valence-corrected chi connectivity index (χ0v) is 23.2. The van der Waals surface area contributed by atoms with Gasteiger partial charge in [0.2, 0.25) is 17.6 Å². The van der Waals surface area contributed by atoms with Crippen LogP contribution in [0.3, 0.4) is 0 Å². The van der Waals surface area contributed by atoms with Gasteiger partial charge < -0.3 is 24.0 Å². The number of para-hydroxylation sites is 1. The number of rotatable bonds is 7. The number of methoxy groups -OCH3 is 3. The number of nitrogens with zero attached hydrogens (tertiary/aromatic N) is 2. The van der Waals surface area contributed by atoms with Crippen LogP contribution < -0.4 is 19.1 Å². The Hall–Kier alpha value is -3.22. The topological polar surface area (TPSA) is 68.3 Å².